The summed E-state index contributed by atoms with van der Waals surface area (Å²) in [5.74, 6) is 0.191. The first kappa shape index (κ1) is 17.7. The fourth-order valence-electron chi connectivity index (χ4n) is 3.05. The molecule has 1 fully saturated rings. The summed E-state index contributed by atoms with van der Waals surface area (Å²) in [7, 11) is 0. The molecule has 0 aliphatic carbocycles. The summed E-state index contributed by atoms with van der Waals surface area (Å²) in [5, 5.41) is 12.5. The topological polar surface area (TPSA) is 71.1 Å². The molecule has 0 amide bonds. The van der Waals surface area contributed by atoms with Crippen molar-refractivity contribution >= 4 is 11.1 Å². The Morgan fingerprint density at radius 3 is 2.68 bits per heavy atom. The zero-order valence-corrected chi connectivity index (χ0v) is 13.7. The third-order valence-corrected chi connectivity index (χ3v) is 4.44. The minimum atomic E-state index is -4.52. The number of nitriles is 1. The van der Waals surface area contributed by atoms with E-state index in [1.165, 1.54) is 6.92 Å². The van der Waals surface area contributed by atoms with Gasteiger partial charge < -0.3 is 14.5 Å². The van der Waals surface area contributed by atoms with Crippen molar-refractivity contribution in [2.24, 2.45) is 5.41 Å². The monoisotopic (exact) mass is 353 g/mol. The first-order valence-electron chi connectivity index (χ1n) is 8.00. The van der Waals surface area contributed by atoms with E-state index >= 15 is 0 Å². The molecule has 0 radical (unpaired) electrons. The van der Waals surface area contributed by atoms with Gasteiger partial charge in [-0.1, -0.05) is 0 Å². The normalized spacial score (nSPS) is 17.6. The number of aryl methyl sites for hydroxylation is 1. The molecule has 1 aromatic carbocycles. The first-order chi connectivity index (χ1) is 11.8. The van der Waals surface area contributed by atoms with E-state index in [-0.39, 0.29) is 23.5 Å². The van der Waals surface area contributed by atoms with E-state index in [1.54, 1.807) is 6.07 Å². The van der Waals surface area contributed by atoms with Gasteiger partial charge in [-0.2, -0.15) is 18.4 Å². The second-order valence-corrected chi connectivity index (χ2v) is 6.33. The van der Waals surface area contributed by atoms with E-state index < -0.39 is 17.2 Å². The van der Waals surface area contributed by atoms with Crippen LogP contribution >= 0.6 is 0 Å². The Morgan fingerprint density at radius 1 is 1.32 bits per heavy atom. The van der Waals surface area contributed by atoms with E-state index in [2.05, 4.69) is 16.4 Å². The molecule has 2 heterocycles. The average molecular weight is 353 g/mol. The van der Waals surface area contributed by atoms with Crippen molar-refractivity contribution in [1.29, 1.82) is 5.26 Å². The number of hydrogen-bond acceptors (Lipinski definition) is 5. The summed E-state index contributed by atoms with van der Waals surface area (Å²) in [6.45, 7) is 3.19. The van der Waals surface area contributed by atoms with Crippen molar-refractivity contribution in [3.63, 3.8) is 0 Å². The predicted octanol–water partition coefficient (Wildman–Crippen LogP) is 3.57. The molecule has 0 bridgehead atoms. The molecule has 3 rings (SSSR count). The number of rotatable bonds is 4. The fraction of sp³-hybridized carbons (Fsp3) is 0.529. The van der Waals surface area contributed by atoms with Gasteiger partial charge >= 0.3 is 6.18 Å². The Bertz CT molecular complexity index is 802. The van der Waals surface area contributed by atoms with Crippen molar-refractivity contribution in [3.8, 4) is 6.07 Å². The number of ether oxygens (including phenoxy) is 1. The van der Waals surface area contributed by atoms with Gasteiger partial charge in [-0.15, -0.1) is 0 Å². The molecule has 25 heavy (non-hydrogen) atoms. The number of alkyl halides is 3. The van der Waals surface area contributed by atoms with Gasteiger partial charge in [0.15, 0.2) is 11.5 Å². The Balaban J connectivity index is 1.79. The summed E-state index contributed by atoms with van der Waals surface area (Å²) in [4.78, 5) is 4.01. The maximum absolute atomic E-state index is 13.3. The summed E-state index contributed by atoms with van der Waals surface area (Å²) in [6, 6.07) is 4.98. The van der Waals surface area contributed by atoms with Gasteiger partial charge in [0, 0.05) is 33.2 Å². The molecular weight excluding hydrogens is 335 g/mol. The summed E-state index contributed by atoms with van der Waals surface area (Å²) in [6.07, 6.45) is -3.29. The summed E-state index contributed by atoms with van der Waals surface area (Å²) < 4.78 is 50.2. The number of nitrogens with one attached hydrogen (secondary N) is 1. The number of benzene rings is 1. The minimum absolute atomic E-state index is 0.185. The van der Waals surface area contributed by atoms with Crippen molar-refractivity contribution in [1.82, 2.24) is 10.3 Å². The van der Waals surface area contributed by atoms with Gasteiger partial charge in [-0.3, -0.25) is 0 Å². The van der Waals surface area contributed by atoms with Crippen LogP contribution in [0.4, 0.5) is 13.2 Å². The average Bonchev–Trinajstić information content (AvgIpc) is 2.94. The van der Waals surface area contributed by atoms with Crippen LogP contribution in [0, 0.1) is 23.7 Å². The molecule has 2 aromatic rings. The number of nitrogens with zero attached hydrogens (tertiary/aromatic N) is 2. The fourth-order valence-corrected chi connectivity index (χ4v) is 3.05. The molecule has 134 valence electrons. The molecule has 1 saturated heterocycles. The molecule has 1 aliphatic rings. The standard InChI is InChI=1S/C17H18F3N3O2/c1-11-23-14-7-12(6-13(15(14)25-11)17(18,19)20)8-22-10-16(9-21)2-4-24-5-3-16/h6-7,22H,2-5,8,10H2,1H3. The highest BCUT2D eigenvalue weighted by Gasteiger charge is 2.35. The number of aromatic nitrogens is 1. The lowest BCUT2D eigenvalue weighted by atomic mass is 9.82. The molecule has 0 unspecified atom stereocenters. The maximum atomic E-state index is 13.3. The van der Waals surface area contributed by atoms with E-state index in [0.29, 0.717) is 38.2 Å². The molecule has 1 aliphatic heterocycles. The molecule has 0 atom stereocenters. The molecular formula is C17H18F3N3O2. The number of fused-ring (bicyclic) bond motifs is 1. The lowest BCUT2D eigenvalue weighted by molar-refractivity contribution is -0.136. The number of halogens is 3. The zero-order chi connectivity index (χ0) is 18.1. The van der Waals surface area contributed by atoms with Gasteiger partial charge in [0.25, 0.3) is 0 Å². The Morgan fingerprint density at radius 2 is 2.04 bits per heavy atom. The zero-order valence-electron chi connectivity index (χ0n) is 13.7. The van der Waals surface area contributed by atoms with Crippen LogP contribution in [0.15, 0.2) is 16.5 Å². The van der Waals surface area contributed by atoms with Crippen LogP contribution in [0.1, 0.15) is 29.9 Å². The Hall–Kier alpha value is -2.11. The summed E-state index contributed by atoms with van der Waals surface area (Å²) >= 11 is 0. The van der Waals surface area contributed by atoms with E-state index in [1.807, 2.05) is 0 Å². The van der Waals surface area contributed by atoms with Crippen LogP contribution in [0.2, 0.25) is 0 Å². The Labute approximate surface area is 142 Å². The SMILES string of the molecule is Cc1nc2cc(CNCC3(C#N)CCOCC3)cc(C(F)(F)F)c2o1. The highest BCUT2D eigenvalue weighted by Crippen LogP contribution is 2.36. The molecule has 1 aromatic heterocycles. The minimum Gasteiger partial charge on any atom is -0.440 e. The quantitative estimate of drug-likeness (QED) is 0.910. The molecule has 8 heteroatoms. The van der Waals surface area contributed by atoms with Crippen LogP contribution < -0.4 is 5.32 Å². The maximum Gasteiger partial charge on any atom is 0.420 e. The van der Waals surface area contributed by atoms with Gasteiger partial charge in [-0.25, -0.2) is 4.98 Å². The van der Waals surface area contributed by atoms with Crippen molar-refractivity contribution in [3.05, 3.63) is 29.2 Å². The number of oxazole rings is 1. The molecule has 0 spiro atoms. The van der Waals surface area contributed by atoms with Gasteiger partial charge in [-0.05, 0) is 30.5 Å². The smallest absolute Gasteiger partial charge is 0.420 e. The lowest BCUT2D eigenvalue weighted by Crippen LogP contribution is -2.37. The largest absolute Gasteiger partial charge is 0.440 e. The highest BCUT2D eigenvalue weighted by molar-refractivity contribution is 5.78. The molecule has 5 nitrogen and oxygen atoms in total. The predicted molar refractivity (Wildman–Crippen MR) is 83.6 cm³/mol. The highest BCUT2D eigenvalue weighted by atomic mass is 19.4. The van der Waals surface area contributed by atoms with Crippen LogP contribution in [0.3, 0.4) is 0 Å². The van der Waals surface area contributed by atoms with E-state index in [0.717, 1.165) is 6.07 Å². The van der Waals surface area contributed by atoms with Crippen molar-refractivity contribution < 1.29 is 22.3 Å². The molecule has 1 N–H and O–H groups in total. The summed E-state index contributed by atoms with van der Waals surface area (Å²) in [5.41, 5.74) is -0.965. The van der Waals surface area contributed by atoms with Crippen LogP contribution in [-0.2, 0) is 17.5 Å². The second kappa shape index (κ2) is 6.65. The van der Waals surface area contributed by atoms with Crippen LogP contribution in [-0.4, -0.2) is 24.7 Å². The Kier molecular flexibility index (Phi) is 4.71. The second-order valence-electron chi connectivity index (χ2n) is 6.33. The van der Waals surface area contributed by atoms with Gasteiger partial charge in [0.05, 0.1) is 11.5 Å². The third-order valence-electron chi connectivity index (χ3n) is 4.44. The first-order valence-corrected chi connectivity index (χ1v) is 8.00. The van der Waals surface area contributed by atoms with Crippen molar-refractivity contribution in [2.75, 3.05) is 19.8 Å². The molecule has 0 saturated carbocycles. The van der Waals surface area contributed by atoms with Crippen LogP contribution in [0.25, 0.3) is 11.1 Å². The third kappa shape index (κ3) is 3.78. The van der Waals surface area contributed by atoms with Crippen LogP contribution in [0.5, 0.6) is 0 Å². The van der Waals surface area contributed by atoms with Gasteiger partial charge in [0.2, 0.25) is 0 Å². The lowest BCUT2D eigenvalue weighted by Gasteiger charge is -2.30. The van der Waals surface area contributed by atoms with Gasteiger partial charge in [0.1, 0.15) is 11.1 Å². The van der Waals surface area contributed by atoms with E-state index in [4.69, 9.17) is 9.15 Å². The van der Waals surface area contributed by atoms with E-state index in [9.17, 15) is 18.4 Å². The number of hydrogen-bond donors (Lipinski definition) is 1. The van der Waals surface area contributed by atoms with Crippen molar-refractivity contribution in [2.45, 2.75) is 32.5 Å².